The van der Waals surface area contributed by atoms with Gasteiger partial charge < -0.3 is 23.0 Å². The minimum atomic E-state index is -5.11. The summed E-state index contributed by atoms with van der Waals surface area (Å²) < 4.78 is 58.7. The molecule has 0 rings (SSSR count). The second-order valence-electron chi connectivity index (χ2n) is 2.58. The van der Waals surface area contributed by atoms with Crippen molar-refractivity contribution in [3.63, 3.8) is 0 Å². The molecular weight excluding hydrogens is 235 g/mol. The summed E-state index contributed by atoms with van der Waals surface area (Å²) in [6, 6.07) is 0. The van der Waals surface area contributed by atoms with Crippen LogP contribution in [0.4, 0.5) is 21.7 Å². The van der Waals surface area contributed by atoms with Crippen LogP contribution in [0.25, 0.3) is 0 Å². The molecule has 0 saturated carbocycles. The Labute approximate surface area is 121 Å². The van der Waals surface area contributed by atoms with Crippen LogP contribution in [0.15, 0.2) is 0 Å². The fourth-order valence-corrected chi connectivity index (χ4v) is 0.886. The molecule has 0 aliphatic carbocycles. The molecule has 0 unspecified atom stereocenters. The van der Waals surface area contributed by atoms with Gasteiger partial charge in [0, 0.05) is 6.54 Å². The molecule has 2 nitrogen and oxygen atoms in total. The van der Waals surface area contributed by atoms with Crippen LogP contribution in [0.5, 0.6) is 0 Å². The van der Waals surface area contributed by atoms with E-state index in [0.29, 0.717) is 4.90 Å². The maximum atomic E-state index is 11.8. The van der Waals surface area contributed by atoms with E-state index in [1.807, 2.05) is 0 Å². The summed E-state index contributed by atoms with van der Waals surface area (Å²) in [5, 5.41) is 8.30. The van der Waals surface area contributed by atoms with E-state index < -0.39 is 33.0 Å². The van der Waals surface area contributed by atoms with Gasteiger partial charge in [0.15, 0.2) is 0 Å². The molecule has 0 bridgehead atoms. The van der Waals surface area contributed by atoms with Crippen LogP contribution < -0.4 is 51.4 Å². The molecule has 0 aliphatic rings. The number of aliphatic hydroxyl groups is 1. The SMILES string of the molecule is OCCN(CC(F)F)C[B-](F)(F)F.[K+]. The van der Waals surface area contributed by atoms with E-state index in [-0.39, 0.29) is 57.9 Å². The quantitative estimate of drug-likeness (QED) is 0.429. The van der Waals surface area contributed by atoms with Gasteiger partial charge in [0.2, 0.25) is 0 Å². The van der Waals surface area contributed by atoms with Crippen molar-refractivity contribution in [2.45, 2.75) is 6.43 Å². The van der Waals surface area contributed by atoms with Gasteiger partial charge in [-0.1, -0.05) is 0 Å². The van der Waals surface area contributed by atoms with Crippen LogP contribution in [-0.4, -0.2) is 49.5 Å². The van der Waals surface area contributed by atoms with Gasteiger partial charge in [-0.15, -0.1) is 0 Å². The first-order chi connectivity index (χ1) is 5.85. The molecule has 80 valence electrons. The van der Waals surface area contributed by atoms with Crippen LogP contribution in [0.1, 0.15) is 0 Å². The fourth-order valence-electron chi connectivity index (χ4n) is 0.886. The Morgan fingerprint density at radius 3 is 2.00 bits per heavy atom. The average molecular weight is 245 g/mol. The van der Waals surface area contributed by atoms with Gasteiger partial charge in [-0.2, -0.15) is 0 Å². The van der Waals surface area contributed by atoms with Crippen LogP contribution in [0, 0.1) is 0 Å². The number of nitrogens with zero attached hydrogens (tertiary/aromatic N) is 1. The molecule has 0 heterocycles. The zero-order valence-corrected chi connectivity index (χ0v) is 10.9. The molecule has 0 saturated heterocycles. The third-order valence-electron chi connectivity index (χ3n) is 1.28. The van der Waals surface area contributed by atoms with Crippen molar-refractivity contribution >= 4 is 6.98 Å². The summed E-state index contributed by atoms with van der Waals surface area (Å²) in [6.45, 7) is -7.01. The number of hydrogen-bond donors (Lipinski definition) is 1. The third-order valence-corrected chi connectivity index (χ3v) is 1.28. The monoisotopic (exact) mass is 245 g/mol. The third kappa shape index (κ3) is 11.3. The first kappa shape index (κ1) is 17.7. The zero-order chi connectivity index (χ0) is 10.5. The van der Waals surface area contributed by atoms with Gasteiger partial charge in [-0.3, -0.25) is 0 Å². The van der Waals surface area contributed by atoms with Gasteiger partial charge in [-0.25, -0.2) is 8.78 Å². The van der Waals surface area contributed by atoms with E-state index in [1.165, 1.54) is 0 Å². The zero-order valence-electron chi connectivity index (χ0n) is 7.77. The van der Waals surface area contributed by atoms with Crippen LogP contribution in [0.3, 0.4) is 0 Å². The number of alkyl halides is 2. The Balaban J connectivity index is 0. The van der Waals surface area contributed by atoms with Gasteiger partial charge in [0.1, 0.15) is 0 Å². The Morgan fingerprint density at radius 2 is 1.71 bits per heavy atom. The standard InChI is InChI=1S/C5H10BF5NO.K/c7-5(8)3-12(1-2-13)4-6(9,10)11;/h5,13H,1-4H2;/q-1;+1. The summed E-state index contributed by atoms with van der Waals surface area (Å²) in [5.41, 5.74) is 0. The molecule has 0 aromatic heterocycles. The molecule has 0 aromatic carbocycles. The van der Waals surface area contributed by atoms with Gasteiger partial charge >= 0.3 is 58.4 Å². The van der Waals surface area contributed by atoms with E-state index in [2.05, 4.69) is 0 Å². The molecule has 0 atom stereocenters. The first-order valence-corrected chi connectivity index (χ1v) is 3.67. The molecule has 14 heavy (non-hydrogen) atoms. The second-order valence-corrected chi connectivity index (χ2v) is 2.58. The molecule has 0 amide bonds. The molecule has 0 aliphatic heterocycles. The molecule has 0 fully saturated rings. The van der Waals surface area contributed by atoms with Crippen molar-refractivity contribution in [1.29, 1.82) is 0 Å². The summed E-state index contributed by atoms with van der Waals surface area (Å²) in [6.07, 6.45) is -4.17. The minimum absolute atomic E-state index is 0. The molecule has 0 spiro atoms. The van der Waals surface area contributed by atoms with Crippen LogP contribution in [0.2, 0.25) is 0 Å². The van der Waals surface area contributed by atoms with Crippen molar-refractivity contribution in [2.24, 2.45) is 0 Å². The maximum absolute atomic E-state index is 11.8. The van der Waals surface area contributed by atoms with E-state index in [4.69, 9.17) is 5.11 Å². The van der Waals surface area contributed by atoms with Crippen molar-refractivity contribution < 1.29 is 78.2 Å². The molecule has 0 radical (unpaired) electrons. The van der Waals surface area contributed by atoms with Crippen molar-refractivity contribution in [2.75, 3.05) is 26.1 Å². The predicted molar refractivity (Wildman–Crippen MR) is 38.6 cm³/mol. The Bertz CT molecular complexity index is 147. The van der Waals surface area contributed by atoms with Crippen molar-refractivity contribution in [3.8, 4) is 0 Å². The Morgan fingerprint density at radius 1 is 1.21 bits per heavy atom. The summed E-state index contributed by atoms with van der Waals surface area (Å²) in [7, 11) is 0. The van der Waals surface area contributed by atoms with Gasteiger partial charge in [-0.05, 0) is 6.44 Å². The Hall–Kier alpha value is 1.27. The van der Waals surface area contributed by atoms with Crippen LogP contribution >= 0.6 is 0 Å². The number of halogens is 5. The molecule has 0 aromatic rings. The van der Waals surface area contributed by atoms with E-state index in [9.17, 15) is 21.7 Å². The number of hydrogen-bond acceptors (Lipinski definition) is 2. The second kappa shape index (κ2) is 8.43. The van der Waals surface area contributed by atoms with E-state index in [0.717, 1.165) is 0 Å². The van der Waals surface area contributed by atoms with Crippen molar-refractivity contribution in [3.05, 3.63) is 0 Å². The van der Waals surface area contributed by atoms with Crippen LogP contribution in [-0.2, 0) is 0 Å². The van der Waals surface area contributed by atoms with Gasteiger partial charge in [0.25, 0.3) is 6.43 Å². The molecule has 9 heteroatoms. The first-order valence-electron chi connectivity index (χ1n) is 3.67. The smallest absolute Gasteiger partial charge is 0.448 e. The topological polar surface area (TPSA) is 23.5 Å². The number of rotatable bonds is 6. The summed E-state index contributed by atoms with van der Waals surface area (Å²) >= 11 is 0. The largest absolute Gasteiger partial charge is 1.00 e. The van der Waals surface area contributed by atoms with E-state index in [1.54, 1.807) is 0 Å². The number of aliphatic hydroxyl groups excluding tert-OH is 1. The van der Waals surface area contributed by atoms with E-state index >= 15 is 0 Å². The maximum Gasteiger partial charge on any atom is 1.00 e. The fraction of sp³-hybridized carbons (Fsp3) is 1.00. The molecule has 1 N–H and O–H groups in total. The summed E-state index contributed by atoms with van der Waals surface area (Å²) in [4.78, 5) is 0.491. The molecular formula is C5H10BF5KNO. The Kier molecular flexibility index (Phi) is 10.6. The normalized spacial score (nSPS) is 12.0. The summed E-state index contributed by atoms with van der Waals surface area (Å²) in [5.74, 6) is 0. The predicted octanol–water partition coefficient (Wildman–Crippen LogP) is -2.06. The minimum Gasteiger partial charge on any atom is -0.448 e. The van der Waals surface area contributed by atoms with Gasteiger partial charge in [0.05, 0.1) is 13.2 Å². The average Bonchev–Trinajstić information content (AvgIpc) is 1.81. The van der Waals surface area contributed by atoms with Crippen molar-refractivity contribution in [1.82, 2.24) is 4.90 Å².